The molecular weight excluding hydrogens is 337 g/mol. The molecule has 0 N–H and O–H groups in total. The first-order valence-corrected chi connectivity index (χ1v) is 5.43. The molecule has 17 heavy (non-hydrogen) atoms. The van der Waals surface area contributed by atoms with Crippen LogP contribution in [0.4, 0.5) is 0 Å². The highest BCUT2D eigenvalue weighted by atomic mass is 127. The number of hydrogen-bond acceptors (Lipinski definition) is 4. The fraction of sp³-hybridized carbons (Fsp3) is 0.818. The maximum absolute atomic E-state index is 11.4. The van der Waals surface area contributed by atoms with E-state index in [2.05, 4.69) is 0 Å². The minimum atomic E-state index is -0.820. The Hall–Kier alpha value is -0.370. The van der Waals surface area contributed by atoms with E-state index in [1.807, 2.05) is 21.1 Å². The van der Waals surface area contributed by atoms with Crippen molar-refractivity contribution >= 4 is 11.9 Å². The molecule has 0 aromatic carbocycles. The first-order valence-electron chi connectivity index (χ1n) is 5.43. The molecule has 0 radical (unpaired) electrons. The zero-order valence-corrected chi connectivity index (χ0v) is 13.3. The molecule has 0 bridgehead atoms. The average Bonchev–Trinajstić information content (AvgIpc) is 2.15. The van der Waals surface area contributed by atoms with Crippen molar-refractivity contribution in [1.82, 2.24) is 0 Å². The largest absolute Gasteiger partial charge is 1.00 e. The molecule has 102 valence electrons. The second-order valence-electron chi connectivity index (χ2n) is 4.67. The third-order valence-electron chi connectivity index (χ3n) is 1.94. The van der Waals surface area contributed by atoms with Gasteiger partial charge in [-0.15, -0.1) is 0 Å². The molecule has 0 saturated carbocycles. The summed E-state index contributed by atoms with van der Waals surface area (Å²) in [5, 5.41) is 0. The van der Waals surface area contributed by atoms with Crippen LogP contribution in [0.25, 0.3) is 0 Å². The molecule has 0 aromatic rings. The molecule has 0 aromatic heterocycles. The summed E-state index contributed by atoms with van der Waals surface area (Å²) in [6, 6.07) is 0. The molecule has 1 unspecified atom stereocenters. The van der Waals surface area contributed by atoms with Crippen molar-refractivity contribution in [1.29, 1.82) is 0 Å². The molecule has 0 aliphatic heterocycles. The summed E-state index contributed by atoms with van der Waals surface area (Å²) in [4.78, 5) is 22.3. The summed E-state index contributed by atoms with van der Waals surface area (Å²) >= 11 is 0. The monoisotopic (exact) mass is 359 g/mol. The van der Waals surface area contributed by atoms with Gasteiger partial charge in [-0.05, 0) is 6.92 Å². The second kappa shape index (κ2) is 8.68. The zero-order chi connectivity index (χ0) is 12.8. The molecule has 0 saturated heterocycles. The summed E-state index contributed by atoms with van der Waals surface area (Å²) in [6.07, 6.45) is -0.559. The van der Waals surface area contributed by atoms with Crippen molar-refractivity contribution in [2.45, 2.75) is 26.4 Å². The van der Waals surface area contributed by atoms with Gasteiger partial charge in [0.05, 0.1) is 21.1 Å². The van der Waals surface area contributed by atoms with Crippen LogP contribution in [0.2, 0.25) is 0 Å². The zero-order valence-electron chi connectivity index (χ0n) is 11.2. The van der Waals surface area contributed by atoms with Gasteiger partial charge in [-0.2, -0.15) is 0 Å². The number of rotatable bonds is 6. The molecule has 0 aliphatic rings. The lowest BCUT2D eigenvalue weighted by molar-refractivity contribution is -0.870. The van der Waals surface area contributed by atoms with Crippen LogP contribution in [0.15, 0.2) is 0 Å². The number of halogens is 1. The van der Waals surface area contributed by atoms with E-state index in [9.17, 15) is 9.59 Å². The van der Waals surface area contributed by atoms with Gasteiger partial charge in [-0.3, -0.25) is 4.79 Å². The number of carbonyl (C=O) groups excluding carboxylic acids is 2. The van der Waals surface area contributed by atoms with Crippen LogP contribution in [0, 0.1) is 0 Å². The predicted molar refractivity (Wildman–Crippen MR) is 59.7 cm³/mol. The van der Waals surface area contributed by atoms with Gasteiger partial charge in [-0.25, -0.2) is 4.79 Å². The van der Waals surface area contributed by atoms with Gasteiger partial charge < -0.3 is 37.9 Å². The predicted octanol–water partition coefficient (Wildman–Crippen LogP) is -2.42. The number of esters is 2. The van der Waals surface area contributed by atoms with Crippen LogP contribution in [-0.4, -0.2) is 56.8 Å². The highest BCUT2D eigenvalue weighted by Gasteiger charge is 2.19. The Morgan fingerprint density at radius 1 is 1.24 bits per heavy atom. The molecule has 6 heteroatoms. The third kappa shape index (κ3) is 10.5. The molecular formula is C11H22INO4. The Kier molecular flexibility index (Phi) is 9.69. The van der Waals surface area contributed by atoms with Crippen LogP contribution in [0.5, 0.6) is 0 Å². The van der Waals surface area contributed by atoms with Crippen molar-refractivity contribution in [3.8, 4) is 0 Å². The molecule has 0 aliphatic carbocycles. The first kappa shape index (κ1) is 19.0. The van der Waals surface area contributed by atoms with E-state index in [1.54, 1.807) is 6.92 Å². The molecule has 1 atom stereocenters. The number of quaternary nitrogens is 1. The van der Waals surface area contributed by atoms with E-state index in [4.69, 9.17) is 9.47 Å². The van der Waals surface area contributed by atoms with E-state index in [0.29, 0.717) is 6.61 Å². The molecule has 0 rings (SSSR count). The lowest BCUT2D eigenvalue weighted by Crippen LogP contribution is -3.00. The third-order valence-corrected chi connectivity index (χ3v) is 1.94. The van der Waals surface area contributed by atoms with Crippen LogP contribution in [-0.2, 0) is 19.1 Å². The van der Waals surface area contributed by atoms with Crippen molar-refractivity contribution in [2.24, 2.45) is 0 Å². The normalized spacial score (nSPS) is 12.3. The summed E-state index contributed by atoms with van der Waals surface area (Å²) in [6.45, 7) is 4.25. The number of ether oxygens (including phenoxy) is 2. The summed E-state index contributed by atoms with van der Waals surface area (Å²) in [5.41, 5.74) is 0. The van der Waals surface area contributed by atoms with Gasteiger partial charge in [-0.1, -0.05) is 6.92 Å². The van der Waals surface area contributed by atoms with Gasteiger partial charge in [0.25, 0.3) is 0 Å². The lowest BCUT2D eigenvalue weighted by Gasteiger charge is -2.23. The Balaban J connectivity index is 0. The maximum atomic E-state index is 11.4. The second-order valence-corrected chi connectivity index (χ2v) is 4.67. The van der Waals surface area contributed by atoms with E-state index in [0.717, 1.165) is 11.0 Å². The number of hydrogen-bond donors (Lipinski definition) is 0. The van der Waals surface area contributed by atoms with Crippen LogP contribution >= 0.6 is 0 Å². The molecule has 0 spiro atoms. The van der Waals surface area contributed by atoms with Crippen molar-refractivity contribution in [3.05, 3.63) is 0 Å². The smallest absolute Gasteiger partial charge is 0.347 e. The molecule has 0 heterocycles. The standard InChI is InChI=1S/C11H22NO4.HI/c1-6-10(13)16-9(2)11(14)15-8-7-12(3,4)5;/h9H,6-8H2,1-5H3;1H/q+1;/p-1. The number of carbonyl (C=O) groups is 2. The van der Waals surface area contributed by atoms with E-state index in [1.165, 1.54) is 6.92 Å². The van der Waals surface area contributed by atoms with Crippen molar-refractivity contribution < 1.29 is 47.5 Å². The highest BCUT2D eigenvalue weighted by molar-refractivity contribution is 5.78. The maximum Gasteiger partial charge on any atom is 0.347 e. The lowest BCUT2D eigenvalue weighted by atomic mass is 10.4. The van der Waals surface area contributed by atoms with Gasteiger partial charge in [0.1, 0.15) is 13.2 Å². The fourth-order valence-electron chi connectivity index (χ4n) is 0.866. The SMILES string of the molecule is CCC(=O)OC(C)C(=O)OCC[N+](C)(C)C.[I-]. The molecule has 0 amide bonds. The number of nitrogens with zero attached hydrogens (tertiary/aromatic N) is 1. The Bertz CT molecular complexity index is 250. The molecule has 5 nitrogen and oxygen atoms in total. The van der Waals surface area contributed by atoms with E-state index in [-0.39, 0.29) is 30.4 Å². The topological polar surface area (TPSA) is 52.6 Å². The number of likely N-dealkylation sites (N-methyl/N-ethyl adjacent to an activating group) is 1. The summed E-state index contributed by atoms with van der Waals surface area (Å²) in [5.74, 6) is -0.883. The fourth-order valence-corrected chi connectivity index (χ4v) is 0.866. The van der Waals surface area contributed by atoms with Crippen molar-refractivity contribution in [3.63, 3.8) is 0 Å². The molecule has 0 fully saturated rings. The summed E-state index contributed by atoms with van der Waals surface area (Å²) < 4.78 is 10.5. The van der Waals surface area contributed by atoms with Gasteiger partial charge >= 0.3 is 11.9 Å². The van der Waals surface area contributed by atoms with Crippen LogP contribution < -0.4 is 24.0 Å². The highest BCUT2D eigenvalue weighted by Crippen LogP contribution is 1.98. The van der Waals surface area contributed by atoms with Gasteiger partial charge in [0.2, 0.25) is 0 Å². The minimum Gasteiger partial charge on any atom is -1.00 e. The Labute approximate surface area is 120 Å². The van der Waals surface area contributed by atoms with Gasteiger partial charge in [0.15, 0.2) is 6.10 Å². The Morgan fingerprint density at radius 3 is 2.18 bits per heavy atom. The van der Waals surface area contributed by atoms with Crippen LogP contribution in [0.3, 0.4) is 0 Å². The summed E-state index contributed by atoms with van der Waals surface area (Å²) in [7, 11) is 6.02. The van der Waals surface area contributed by atoms with Crippen molar-refractivity contribution in [2.75, 3.05) is 34.3 Å². The minimum absolute atomic E-state index is 0. The van der Waals surface area contributed by atoms with Crippen LogP contribution in [0.1, 0.15) is 20.3 Å². The van der Waals surface area contributed by atoms with Gasteiger partial charge in [0, 0.05) is 6.42 Å². The van der Waals surface area contributed by atoms with E-state index >= 15 is 0 Å². The Morgan fingerprint density at radius 2 is 1.76 bits per heavy atom. The first-order chi connectivity index (χ1) is 7.26. The van der Waals surface area contributed by atoms with E-state index < -0.39 is 18.0 Å². The average molecular weight is 359 g/mol. The quantitative estimate of drug-likeness (QED) is 0.301.